The number of anilines is 2. The monoisotopic (exact) mass is 434 g/mol. The summed E-state index contributed by atoms with van der Waals surface area (Å²) in [7, 11) is 1.54. The molecule has 1 unspecified atom stereocenters. The highest BCUT2D eigenvalue weighted by Gasteiger charge is 2.17. The Bertz CT molecular complexity index is 1070. The molecule has 32 heavy (non-hydrogen) atoms. The van der Waals surface area contributed by atoms with Crippen LogP contribution < -0.4 is 24.8 Å². The fourth-order valence-corrected chi connectivity index (χ4v) is 2.97. The number of carbonyl (C=O) groups excluding carboxylic acids is 2. The minimum Gasteiger partial charge on any atom is -0.495 e. The second-order valence-corrected chi connectivity index (χ2v) is 6.86. The van der Waals surface area contributed by atoms with Crippen molar-refractivity contribution in [3.05, 3.63) is 78.4 Å². The molecular weight excluding hydrogens is 408 g/mol. The highest BCUT2D eigenvalue weighted by molar-refractivity contribution is 6.05. The highest BCUT2D eigenvalue weighted by atomic mass is 16.5. The number of benzene rings is 3. The second-order valence-electron chi connectivity index (χ2n) is 6.86. The number of carbonyl (C=O) groups is 2. The van der Waals surface area contributed by atoms with Crippen LogP contribution in [-0.2, 0) is 4.79 Å². The molecule has 0 fully saturated rings. The molecule has 0 saturated heterocycles. The summed E-state index contributed by atoms with van der Waals surface area (Å²) in [5.41, 5.74) is 1.62. The Morgan fingerprint density at radius 2 is 1.44 bits per heavy atom. The van der Waals surface area contributed by atoms with E-state index >= 15 is 0 Å². The summed E-state index contributed by atoms with van der Waals surface area (Å²) >= 11 is 0. The lowest BCUT2D eigenvalue weighted by Gasteiger charge is -2.16. The fraction of sp³-hybridized carbons (Fsp3) is 0.200. The third kappa shape index (κ3) is 5.78. The molecule has 0 bridgehead atoms. The maximum Gasteiger partial charge on any atom is 0.265 e. The van der Waals surface area contributed by atoms with Crippen molar-refractivity contribution in [2.24, 2.45) is 0 Å². The van der Waals surface area contributed by atoms with Crippen LogP contribution in [0.5, 0.6) is 17.2 Å². The Morgan fingerprint density at radius 1 is 0.844 bits per heavy atom. The molecule has 166 valence electrons. The van der Waals surface area contributed by atoms with E-state index in [4.69, 9.17) is 14.2 Å². The molecule has 3 aromatic rings. The average Bonchev–Trinajstić information content (AvgIpc) is 2.81. The number of methoxy groups -OCH3 is 1. The third-order valence-corrected chi connectivity index (χ3v) is 4.60. The Labute approximate surface area is 187 Å². The van der Waals surface area contributed by atoms with Gasteiger partial charge in [-0.05, 0) is 62.4 Å². The normalized spacial score (nSPS) is 11.2. The van der Waals surface area contributed by atoms with E-state index in [2.05, 4.69) is 10.6 Å². The van der Waals surface area contributed by atoms with Gasteiger partial charge in [0.1, 0.15) is 17.2 Å². The van der Waals surface area contributed by atoms with Crippen LogP contribution in [0.15, 0.2) is 72.8 Å². The van der Waals surface area contributed by atoms with Gasteiger partial charge >= 0.3 is 0 Å². The maximum absolute atomic E-state index is 12.6. The van der Waals surface area contributed by atoms with Crippen molar-refractivity contribution >= 4 is 23.2 Å². The number of nitrogens with one attached hydrogen (secondary N) is 2. The summed E-state index contributed by atoms with van der Waals surface area (Å²) in [6, 6.07) is 21.0. The number of hydrogen-bond donors (Lipinski definition) is 2. The van der Waals surface area contributed by atoms with E-state index in [1.54, 1.807) is 61.5 Å². The first-order valence-corrected chi connectivity index (χ1v) is 10.3. The Kier molecular flexibility index (Phi) is 7.70. The molecule has 0 saturated carbocycles. The lowest BCUT2D eigenvalue weighted by atomic mass is 10.2. The van der Waals surface area contributed by atoms with Gasteiger partial charge in [-0.1, -0.05) is 24.3 Å². The first-order valence-electron chi connectivity index (χ1n) is 10.3. The minimum absolute atomic E-state index is 0.273. The van der Waals surface area contributed by atoms with Gasteiger partial charge in [0.2, 0.25) is 0 Å². The van der Waals surface area contributed by atoms with Gasteiger partial charge in [0.15, 0.2) is 6.10 Å². The van der Waals surface area contributed by atoms with Crippen molar-refractivity contribution < 1.29 is 23.8 Å². The number of rotatable bonds is 9. The molecule has 0 aliphatic carbocycles. The van der Waals surface area contributed by atoms with E-state index in [-0.39, 0.29) is 11.8 Å². The quantitative estimate of drug-likeness (QED) is 0.508. The van der Waals surface area contributed by atoms with Crippen molar-refractivity contribution in [2.75, 3.05) is 24.4 Å². The van der Waals surface area contributed by atoms with Crippen LogP contribution in [0.3, 0.4) is 0 Å². The van der Waals surface area contributed by atoms with Crippen molar-refractivity contribution in [3.8, 4) is 17.2 Å². The van der Waals surface area contributed by atoms with Gasteiger partial charge in [-0.15, -0.1) is 0 Å². The Balaban J connectivity index is 1.60. The van der Waals surface area contributed by atoms with Crippen LogP contribution in [0.4, 0.5) is 11.4 Å². The van der Waals surface area contributed by atoms with E-state index in [0.717, 1.165) is 0 Å². The van der Waals surface area contributed by atoms with Crippen LogP contribution in [0.2, 0.25) is 0 Å². The average molecular weight is 434 g/mol. The second kappa shape index (κ2) is 10.9. The molecule has 3 aromatic carbocycles. The molecule has 0 spiro atoms. The van der Waals surface area contributed by atoms with Crippen molar-refractivity contribution in [1.29, 1.82) is 0 Å². The lowest BCUT2D eigenvalue weighted by Crippen LogP contribution is -2.30. The van der Waals surface area contributed by atoms with Gasteiger partial charge in [0, 0.05) is 5.56 Å². The van der Waals surface area contributed by atoms with Crippen molar-refractivity contribution in [1.82, 2.24) is 0 Å². The molecule has 0 aromatic heterocycles. The van der Waals surface area contributed by atoms with Crippen molar-refractivity contribution in [3.63, 3.8) is 0 Å². The summed E-state index contributed by atoms with van der Waals surface area (Å²) in [5.74, 6) is 1.06. The topological polar surface area (TPSA) is 85.9 Å². The molecule has 0 aliphatic heterocycles. The zero-order valence-electron chi connectivity index (χ0n) is 18.3. The summed E-state index contributed by atoms with van der Waals surface area (Å²) in [6.07, 6.45) is -0.752. The molecule has 1 atom stereocenters. The van der Waals surface area contributed by atoms with Crippen LogP contribution in [0.25, 0.3) is 0 Å². The Morgan fingerprint density at radius 3 is 2.06 bits per heavy atom. The minimum atomic E-state index is -0.752. The van der Waals surface area contributed by atoms with E-state index in [1.165, 1.54) is 7.11 Å². The number of amides is 2. The fourth-order valence-electron chi connectivity index (χ4n) is 2.97. The third-order valence-electron chi connectivity index (χ3n) is 4.60. The van der Waals surface area contributed by atoms with E-state index in [1.807, 2.05) is 25.1 Å². The van der Waals surface area contributed by atoms with Crippen LogP contribution in [0.1, 0.15) is 24.2 Å². The zero-order chi connectivity index (χ0) is 22.9. The number of ether oxygens (including phenoxy) is 3. The smallest absolute Gasteiger partial charge is 0.265 e. The molecular formula is C25H26N2O5. The number of para-hydroxylation sites is 4. The van der Waals surface area contributed by atoms with Crippen LogP contribution >= 0.6 is 0 Å². The zero-order valence-corrected chi connectivity index (χ0v) is 18.3. The predicted molar refractivity (Wildman–Crippen MR) is 124 cm³/mol. The SMILES string of the molecule is CCOc1ccccc1NC(=O)c1ccc(OC(C)C(=O)Nc2ccccc2OC)cc1. The first-order chi connectivity index (χ1) is 15.5. The van der Waals surface area contributed by atoms with Gasteiger partial charge < -0.3 is 24.8 Å². The lowest BCUT2D eigenvalue weighted by molar-refractivity contribution is -0.122. The van der Waals surface area contributed by atoms with E-state index < -0.39 is 6.10 Å². The highest BCUT2D eigenvalue weighted by Crippen LogP contribution is 2.25. The molecule has 0 aliphatic rings. The molecule has 3 rings (SSSR count). The van der Waals surface area contributed by atoms with E-state index in [9.17, 15) is 9.59 Å². The number of hydrogen-bond acceptors (Lipinski definition) is 5. The Hall–Kier alpha value is -4.00. The van der Waals surface area contributed by atoms with Gasteiger partial charge in [-0.3, -0.25) is 9.59 Å². The largest absolute Gasteiger partial charge is 0.495 e. The maximum atomic E-state index is 12.6. The van der Waals surface area contributed by atoms with Gasteiger partial charge in [0.25, 0.3) is 11.8 Å². The molecule has 7 heteroatoms. The molecule has 0 heterocycles. The summed E-state index contributed by atoms with van der Waals surface area (Å²) in [4.78, 5) is 25.1. The van der Waals surface area contributed by atoms with Gasteiger partial charge in [-0.25, -0.2) is 0 Å². The van der Waals surface area contributed by atoms with Crippen LogP contribution in [-0.4, -0.2) is 31.6 Å². The summed E-state index contributed by atoms with van der Waals surface area (Å²) in [6.45, 7) is 4.03. The van der Waals surface area contributed by atoms with Crippen molar-refractivity contribution in [2.45, 2.75) is 20.0 Å². The van der Waals surface area contributed by atoms with E-state index in [0.29, 0.717) is 40.8 Å². The molecule has 2 amide bonds. The summed E-state index contributed by atoms with van der Waals surface area (Å²) in [5, 5.41) is 5.64. The standard InChI is InChI=1S/C25H26N2O5/c1-4-31-23-12-8-6-10-21(23)27-25(29)18-13-15-19(16-14-18)32-17(2)24(28)26-20-9-5-7-11-22(20)30-3/h5-17H,4H2,1-3H3,(H,26,28)(H,27,29). The molecule has 7 nitrogen and oxygen atoms in total. The molecule has 2 N–H and O–H groups in total. The van der Waals surface area contributed by atoms with Crippen LogP contribution in [0, 0.1) is 0 Å². The van der Waals surface area contributed by atoms with Gasteiger partial charge in [0.05, 0.1) is 25.1 Å². The first kappa shape index (κ1) is 22.7. The summed E-state index contributed by atoms with van der Waals surface area (Å²) < 4.78 is 16.5. The predicted octanol–water partition coefficient (Wildman–Crippen LogP) is 4.75. The molecule has 0 radical (unpaired) electrons. The van der Waals surface area contributed by atoms with Gasteiger partial charge in [-0.2, -0.15) is 0 Å².